The average Bonchev–Trinajstić information content (AvgIpc) is 3.39. The highest BCUT2D eigenvalue weighted by atomic mass is 32.1. The number of hydrogen-bond acceptors (Lipinski definition) is 8. The van der Waals surface area contributed by atoms with E-state index in [9.17, 15) is 14.4 Å². The van der Waals surface area contributed by atoms with Crippen molar-refractivity contribution in [3.05, 3.63) is 63.2 Å². The zero-order valence-corrected chi connectivity index (χ0v) is 18.3. The number of para-hydroxylation sites is 1. The normalized spacial score (nSPS) is 13.1. The first-order valence-corrected chi connectivity index (χ1v) is 11.1. The minimum atomic E-state index is -0.762. The van der Waals surface area contributed by atoms with E-state index in [1.165, 1.54) is 17.4 Å². The molecule has 2 aromatic carbocycles. The van der Waals surface area contributed by atoms with Crippen LogP contribution in [0.2, 0.25) is 0 Å². The van der Waals surface area contributed by atoms with Crippen molar-refractivity contribution in [3.63, 3.8) is 0 Å². The topological polar surface area (TPSA) is 109 Å². The Balaban J connectivity index is 1.61. The molecule has 0 fully saturated rings. The van der Waals surface area contributed by atoms with Crippen LogP contribution in [0.3, 0.4) is 0 Å². The summed E-state index contributed by atoms with van der Waals surface area (Å²) in [6.07, 6.45) is 0.0909. The lowest BCUT2D eigenvalue weighted by Gasteiger charge is -2.06. The maximum Gasteiger partial charge on any atom is 0.349 e. The van der Waals surface area contributed by atoms with Crippen LogP contribution in [0, 0.1) is 0 Å². The molecule has 33 heavy (non-hydrogen) atoms. The monoisotopic (exact) mass is 466 g/mol. The lowest BCUT2D eigenvalue weighted by Crippen LogP contribution is -2.21. The molecule has 0 aliphatic carbocycles. The van der Waals surface area contributed by atoms with Crippen molar-refractivity contribution in [2.45, 2.75) is 19.9 Å². The predicted molar refractivity (Wildman–Crippen MR) is 120 cm³/mol. The molecule has 0 radical (unpaired) electrons. The van der Waals surface area contributed by atoms with Gasteiger partial charge in [-0.05, 0) is 19.1 Å². The van der Waals surface area contributed by atoms with Crippen LogP contribution in [-0.2, 0) is 16.1 Å². The Morgan fingerprint density at radius 1 is 1.15 bits per heavy atom. The Labute approximate surface area is 190 Å². The van der Waals surface area contributed by atoms with Crippen LogP contribution in [0.15, 0.2) is 56.7 Å². The fraction of sp³-hybridized carbons (Fsp3) is 0.217. The summed E-state index contributed by atoms with van der Waals surface area (Å²) in [5, 5.41) is 0.618. The minimum absolute atomic E-state index is 0.0909. The van der Waals surface area contributed by atoms with Crippen LogP contribution >= 0.6 is 11.3 Å². The van der Waals surface area contributed by atoms with E-state index < -0.39 is 11.5 Å². The summed E-state index contributed by atoms with van der Waals surface area (Å²) in [6.45, 7) is 2.38. The molecule has 3 heterocycles. The third-order valence-electron chi connectivity index (χ3n) is 5.09. The molecule has 0 bridgehead atoms. The van der Waals surface area contributed by atoms with E-state index in [0.717, 1.165) is 10.2 Å². The molecule has 10 heteroatoms. The highest BCUT2D eigenvalue weighted by Gasteiger charge is 2.19. The van der Waals surface area contributed by atoms with Crippen molar-refractivity contribution >= 4 is 44.4 Å². The quantitative estimate of drug-likeness (QED) is 0.328. The molecule has 1 aliphatic heterocycles. The Morgan fingerprint density at radius 3 is 2.76 bits per heavy atom. The highest BCUT2D eigenvalue weighted by Crippen LogP contribution is 2.37. The zero-order valence-electron chi connectivity index (χ0n) is 17.5. The SMILES string of the molecule is CCOC(=O)CCn1c(=NC(=O)c2cc3ccccc3oc2=O)sc2cc3c(cc21)OCO3. The molecule has 0 spiro atoms. The first-order chi connectivity index (χ1) is 16.0. The molecule has 0 saturated carbocycles. The summed E-state index contributed by atoms with van der Waals surface area (Å²) in [5.41, 5.74) is 0.185. The second-order valence-corrected chi connectivity index (χ2v) is 8.18. The van der Waals surface area contributed by atoms with Gasteiger partial charge in [0.2, 0.25) is 6.79 Å². The van der Waals surface area contributed by atoms with Crippen LogP contribution in [0.1, 0.15) is 23.7 Å². The maximum atomic E-state index is 13.0. The van der Waals surface area contributed by atoms with E-state index >= 15 is 0 Å². The van der Waals surface area contributed by atoms with Gasteiger partial charge >= 0.3 is 11.6 Å². The lowest BCUT2D eigenvalue weighted by atomic mass is 10.2. The van der Waals surface area contributed by atoms with E-state index in [1.807, 2.05) is 0 Å². The van der Waals surface area contributed by atoms with Crippen LogP contribution in [0.4, 0.5) is 0 Å². The van der Waals surface area contributed by atoms with Gasteiger partial charge in [0.15, 0.2) is 16.3 Å². The van der Waals surface area contributed by atoms with Gasteiger partial charge in [-0.1, -0.05) is 29.5 Å². The van der Waals surface area contributed by atoms with Gasteiger partial charge in [0.25, 0.3) is 5.91 Å². The molecule has 5 rings (SSSR count). The summed E-state index contributed by atoms with van der Waals surface area (Å²) in [6, 6.07) is 12.0. The number of carbonyl (C=O) groups excluding carboxylic acids is 2. The average molecular weight is 466 g/mol. The number of carbonyl (C=O) groups is 2. The van der Waals surface area contributed by atoms with Gasteiger partial charge in [0, 0.05) is 24.1 Å². The summed E-state index contributed by atoms with van der Waals surface area (Å²) in [5.74, 6) is 0.0658. The number of hydrogen-bond donors (Lipinski definition) is 0. The number of esters is 1. The number of nitrogens with zero attached hydrogens (tertiary/aromatic N) is 2. The van der Waals surface area contributed by atoms with E-state index in [4.69, 9.17) is 18.6 Å². The smallest absolute Gasteiger partial charge is 0.349 e. The molecule has 1 aliphatic rings. The zero-order chi connectivity index (χ0) is 22.9. The van der Waals surface area contributed by atoms with Crippen molar-refractivity contribution in [1.82, 2.24) is 4.57 Å². The number of fused-ring (bicyclic) bond motifs is 3. The standard InChI is InChI=1S/C23H18N2O7S/c1-2-29-20(26)7-8-25-15-10-17-18(31-12-30-17)11-19(15)33-23(25)24-21(27)14-9-13-5-3-4-6-16(13)32-22(14)28/h3-6,9-11H,2,7-8,12H2,1H3. The van der Waals surface area contributed by atoms with Crippen molar-refractivity contribution in [2.75, 3.05) is 13.4 Å². The lowest BCUT2D eigenvalue weighted by molar-refractivity contribution is -0.143. The van der Waals surface area contributed by atoms with Crippen molar-refractivity contribution < 1.29 is 28.2 Å². The molecule has 2 aromatic heterocycles. The van der Waals surface area contributed by atoms with Gasteiger partial charge in [-0.25, -0.2) is 4.79 Å². The summed E-state index contributed by atoms with van der Waals surface area (Å²) in [7, 11) is 0. The Hall–Kier alpha value is -3.92. The van der Waals surface area contributed by atoms with Crippen molar-refractivity contribution in [2.24, 2.45) is 4.99 Å². The van der Waals surface area contributed by atoms with E-state index in [-0.39, 0.29) is 37.9 Å². The van der Waals surface area contributed by atoms with Gasteiger partial charge in [-0.15, -0.1) is 0 Å². The molecular formula is C23H18N2O7S. The van der Waals surface area contributed by atoms with Crippen LogP contribution in [0.25, 0.3) is 21.2 Å². The Morgan fingerprint density at radius 2 is 1.94 bits per heavy atom. The summed E-state index contributed by atoms with van der Waals surface area (Å²) >= 11 is 1.24. The number of benzene rings is 2. The van der Waals surface area contributed by atoms with E-state index in [0.29, 0.717) is 27.3 Å². The fourth-order valence-electron chi connectivity index (χ4n) is 3.56. The predicted octanol–water partition coefficient (Wildman–Crippen LogP) is 3.23. The van der Waals surface area contributed by atoms with Crippen LogP contribution in [0.5, 0.6) is 11.5 Å². The number of amides is 1. The van der Waals surface area contributed by atoms with E-state index in [1.54, 1.807) is 47.9 Å². The van der Waals surface area contributed by atoms with Crippen molar-refractivity contribution in [1.29, 1.82) is 0 Å². The van der Waals surface area contributed by atoms with Gasteiger partial charge in [-0.3, -0.25) is 9.59 Å². The molecule has 1 amide bonds. The number of thiazole rings is 1. The maximum absolute atomic E-state index is 13.0. The Bertz CT molecular complexity index is 1530. The minimum Gasteiger partial charge on any atom is -0.466 e. The second-order valence-electron chi connectivity index (χ2n) is 7.17. The molecule has 168 valence electrons. The fourth-order valence-corrected chi connectivity index (χ4v) is 4.62. The molecule has 4 aromatic rings. The first-order valence-electron chi connectivity index (χ1n) is 10.2. The van der Waals surface area contributed by atoms with Crippen molar-refractivity contribution in [3.8, 4) is 11.5 Å². The van der Waals surface area contributed by atoms with Gasteiger partial charge in [0.1, 0.15) is 11.1 Å². The van der Waals surface area contributed by atoms with E-state index in [2.05, 4.69) is 4.99 Å². The molecule has 0 atom stereocenters. The summed E-state index contributed by atoms with van der Waals surface area (Å²) in [4.78, 5) is 41.9. The largest absolute Gasteiger partial charge is 0.466 e. The third kappa shape index (κ3) is 4.00. The number of rotatable bonds is 5. The van der Waals surface area contributed by atoms with Crippen LogP contribution in [-0.4, -0.2) is 29.8 Å². The Kier molecular flexibility index (Phi) is 5.43. The number of aryl methyl sites for hydroxylation is 1. The molecular weight excluding hydrogens is 448 g/mol. The van der Waals surface area contributed by atoms with Gasteiger partial charge in [-0.2, -0.15) is 4.99 Å². The molecule has 0 unspecified atom stereocenters. The van der Waals surface area contributed by atoms with Gasteiger partial charge in [0.05, 0.1) is 23.2 Å². The summed E-state index contributed by atoms with van der Waals surface area (Å²) < 4.78 is 23.7. The number of aromatic nitrogens is 1. The molecule has 9 nitrogen and oxygen atoms in total. The third-order valence-corrected chi connectivity index (χ3v) is 6.13. The second kappa shape index (κ2) is 8.55. The molecule has 0 saturated heterocycles. The van der Waals surface area contributed by atoms with Crippen LogP contribution < -0.4 is 19.9 Å². The number of ether oxygens (including phenoxy) is 3. The first kappa shape index (κ1) is 21.0. The highest BCUT2D eigenvalue weighted by molar-refractivity contribution is 7.16. The molecule has 0 N–H and O–H groups in total. The van der Waals surface area contributed by atoms with Gasteiger partial charge < -0.3 is 23.2 Å².